The summed E-state index contributed by atoms with van der Waals surface area (Å²) in [6.07, 6.45) is 5.15. The topological polar surface area (TPSA) is 73.9 Å². The van der Waals surface area contributed by atoms with Crippen molar-refractivity contribution in [2.24, 2.45) is 0 Å². The van der Waals surface area contributed by atoms with Gasteiger partial charge in [-0.2, -0.15) is 0 Å². The van der Waals surface area contributed by atoms with Gasteiger partial charge in [0.1, 0.15) is 0 Å². The van der Waals surface area contributed by atoms with Crippen molar-refractivity contribution in [2.75, 3.05) is 33.3 Å². The number of methoxy groups -OCH3 is 1. The third-order valence-corrected chi connectivity index (χ3v) is 5.59. The summed E-state index contributed by atoms with van der Waals surface area (Å²) in [6, 6.07) is 8.43. The Kier molecular flexibility index (Phi) is 7.54. The van der Waals surface area contributed by atoms with Crippen molar-refractivity contribution in [3.63, 3.8) is 0 Å². The van der Waals surface area contributed by atoms with Crippen LogP contribution in [0.3, 0.4) is 0 Å². The number of rotatable bonds is 5. The lowest BCUT2D eigenvalue weighted by molar-refractivity contribution is 0.110. The molecule has 154 valence electrons. The van der Waals surface area contributed by atoms with Crippen LogP contribution in [0, 0.1) is 0 Å². The van der Waals surface area contributed by atoms with Gasteiger partial charge in [-0.3, -0.25) is 4.90 Å². The van der Waals surface area contributed by atoms with Gasteiger partial charge < -0.3 is 20.3 Å². The monoisotopic (exact) mass is 388 g/mol. The first kappa shape index (κ1) is 20.5. The van der Waals surface area contributed by atoms with Crippen molar-refractivity contribution in [1.29, 1.82) is 0 Å². The quantitative estimate of drug-likeness (QED) is 0.813. The van der Waals surface area contributed by atoms with Crippen molar-refractivity contribution >= 4 is 12.1 Å². The summed E-state index contributed by atoms with van der Waals surface area (Å²) >= 11 is 0. The summed E-state index contributed by atoms with van der Waals surface area (Å²) in [6.45, 7) is 5.13. The van der Waals surface area contributed by atoms with Gasteiger partial charge in [0.15, 0.2) is 0 Å². The molecule has 1 aromatic carbocycles. The molecule has 0 aliphatic carbocycles. The number of urea groups is 1. The summed E-state index contributed by atoms with van der Waals surface area (Å²) in [5.41, 5.74) is 2.42. The second-order valence-electron chi connectivity index (χ2n) is 7.71. The summed E-state index contributed by atoms with van der Waals surface area (Å²) < 4.78 is 4.73. The van der Waals surface area contributed by atoms with Crippen LogP contribution in [0.2, 0.25) is 0 Å². The number of carbonyl (C=O) groups excluding carboxylic acids is 2. The molecule has 28 heavy (non-hydrogen) atoms. The smallest absolute Gasteiger partial charge is 0.409 e. The summed E-state index contributed by atoms with van der Waals surface area (Å²) in [5.74, 6) is 0. The predicted octanol–water partition coefficient (Wildman–Crippen LogP) is 2.70. The van der Waals surface area contributed by atoms with Gasteiger partial charge in [0, 0.05) is 32.2 Å². The Balaban J connectivity index is 1.36. The number of hydrogen-bond donors (Lipinski definition) is 2. The molecule has 2 aliphatic heterocycles. The van der Waals surface area contributed by atoms with E-state index in [1.165, 1.54) is 45.0 Å². The zero-order valence-corrected chi connectivity index (χ0v) is 16.8. The SMILES string of the molecule is COC(=O)N1CCC(NC(=O)NCc2ccc(CN3CCCCC3)cc2)CC1. The minimum Gasteiger partial charge on any atom is -0.453 e. The number of nitrogens with one attached hydrogen (secondary N) is 2. The largest absolute Gasteiger partial charge is 0.453 e. The Morgan fingerprint density at radius 1 is 1.00 bits per heavy atom. The summed E-state index contributed by atoms with van der Waals surface area (Å²) in [5, 5.41) is 5.92. The fourth-order valence-corrected chi connectivity index (χ4v) is 3.89. The molecule has 2 N–H and O–H groups in total. The molecule has 0 unspecified atom stereocenters. The van der Waals surface area contributed by atoms with Crippen LogP contribution >= 0.6 is 0 Å². The van der Waals surface area contributed by atoms with E-state index in [0.717, 1.165) is 24.9 Å². The fourth-order valence-electron chi connectivity index (χ4n) is 3.89. The van der Waals surface area contributed by atoms with Gasteiger partial charge in [-0.1, -0.05) is 30.7 Å². The normalized spacial score (nSPS) is 18.5. The maximum absolute atomic E-state index is 12.2. The van der Waals surface area contributed by atoms with Crippen LogP contribution in [-0.2, 0) is 17.8 Å². The van der Waals surface area contributed by atoms with Gasteiger partial charge in [0.05, 0.1) is 7.11 Å². The van der Waals surface area contributed by atoms with Crippen LogP contribution in [0.5, 0.6) is 0 Å². The Hall–Kier alpha value is -2.28. The fraction of sp³-hybridized carbons (Fsp3) is 0.619. The van der Waals surface area contributed by atoms with E-state index < -0.39 is 0 Å². The Bertz CT molecular complexity index is 636. The van der Waals surface area contributed by atoms with Gasteiger partial charge in [-0.15, -0.1) is 0 Å². The standard InChI is InChI=1S/C21H32N4O3/c1-28-21(27)25-13-9-19(10-14-25)23-20(26)22-15-17-5-7-18(8-6-17)16-24-11-3-2-4-12-24/h5-8,19H,2-4,9-16H2,1H3,(H2,22,23,26). The van der Waals surface area contributed by atoms with E-state index >= 15 is 0 Å². The highest BCUT2D eigenvalue weighted by atomic mass is 16.5. The summed E-state index contributed by atoms with van der Waals surface area (Å²) in [7, 11) is 1.39. The first-order valence-electron chi connectivity index (χ1n) is 10.3. The average Bonchev–Trinajstić information content (AvgIpc) is 2.74. The van der Waals surface area contributed by atoms with Crippen molar-refractivity contribution in [2.45, 2.75) is 51.2 Å². The number of benzene rings is 1. The van der Waals surface area contributed by atoms with Gasteiger partial charge in [-0.25, -0.2) is 9.59 Å². The molecule has 0 bridgehead atoms. The molecule has 0 saturated carbocycles. The molecule has 2 heterocycles. The first-order valence-corrected chi connectivity index (χ1v) is 10.3. The van der Waals surface area contributed by atoms with Gasteiger partial charge >= 0.3 is 12.1 Å². The lowest BCUT2D eigenvalue weighted by Gasteiger charge is -2.31. The lowest BCUT2D eigenvalue weighted by Crippen LogP contribution is -2.49. The molecule has 3 rings (SSSR count). The van der Waals surface area contributed by atoms with Crippen LogP contribution in [0.15, 0.2) is 24.3 Å². The maximum atomic E-state index is 12.2. The molecular formula is C21H32N4O3. The zero-order chi connectivity index (χ0) is 19.8. The maximum Gasteiger partial charge on any atom is 0.409 e. The Morgan fingerprint density at radius 3 is 2.29 bits per heavy atom. The molecule has 2 saturated heterocycles. The Morgan fingerprint density at radius 2 is 1.64 bits per heavy atom. The van der Waals surface area contributed by atoms with Crippen LogP contribution in [0.4, 0.5) is 9.59 Å². The number of piperidine rings is 2. The van der Waals surface area contributed by atoms with E-state index in [-0.39, 0.29) is 18.2 Å². The molecule has 2 aliphatic rings. The van der Waals surface area contributed by atoms with Crippen LogP contribution in [0.25, 0.3) is 0 Å². The molecule has 0 atom stereocenters. The number of likely N-dealkylation sites (tertiary alicyclic amines) is 2. The molecule has 7 nitrogen and oxygen atoms in total. The highest BCUT2D eigenvalue weighted by Gasteiger charge is 2.24. The van der Waals surface area contributed by atoms with Crippen molar-refractivity contribution in [1.82, 2.24) is 20.4 Å². The van der Waals surface area contributed by atoms with Gasteiger partial charge in [-0.05, 0) is 49.9 Å². The van der Waals surface area contributed by atoms with Crippen LogP contribution in [0.1, 0.15) is 43.2 Å². The van der Waals surface area contributed by atoms with Gasteiger partial charge in [0.25, 0.3) is 0 Å². The van der Waals surface area contributed by atoms with E-state index in [4.69, 9.17) is 4.74 Å². The van der Waals surface area contributed by atoms with E-state index in [9.17, 15) is 9.59 Å². The van der Waals surface area contributed by atoms with Gasteiger partial charge in [0.2, 0.25) is 0 Å². The number of nitrogens with zero attached hydrogens (tertiary/aromatic N) is 2. The molecule has 2 fully saturated rings. The highest BCUT2D eigenvalue weighted by molar-refractivity contribution is 5.74. The lowest BCUT2D eigenvalue weighted by atomic mass is 10.1. The molecule has 7 heteroatoms. The molecule has 0 radical (unpaired) electrons. The molecular weight excluding hydrogens is 356 g/mol. The first-order chi connectivity index (χ1) is 13.6. The minimum atomic E-state index is -0.299. The zero-order valence-electron chi connectivity index (χ0n) is 16.8. The van der Waals surface area contributed by atoms with Crippen LogP contribution in [-0.4, -0.2) is 61.3 Å². The van der Waals surface area contributed by atoms with E-state index in [0.29, 0.717) is 19.6 Å². The number of ether oxygens (including phenoxy) is 1. The van der Waals surface area contributed by atoms with E-state index in [1.54, 1.807) is 4.90 Å². The number of hydrogen-bond acceptors (Lipinski definition) is 4. The molecule has 3 amide bonds. The molecule has 1 aromatic rings. The average molecular weight is 389 g/mol. The Labute approximate surface area is 167 Å². The second-order valence-corrected chi connectivity index (χ2v) is 7.71. The summed E-state index contributed by atoms with van der Waals surface area (Å²) in [4.78, 5) is 27.8. The third-order valence-electron chi connectivity index (χ3n) is 5.59. The van der Waals surface area contributed by atoms with Crippen molar-refractivity contribution in [3.05, 3.63) is 35.4 Å². The number of amides is 3. The van der Waals surface area contributed by atoms with E-state index in [2.05, 4.69) is 39.8 Å². The van der Waals surface area contributed by atoms with Crippen LogP contribution < -0.4 is 10.6 Å². The predicted molar refractivity (Wildman–Crippen MR) is 108 cm³/mol. The molecule has 0 spiro atoms. The van der Waals surface area contributed by atoms with Crippen molar-refractivity contribution in [3.8, 4) is 0 Å². The minimum absolute atomic E-state index is 0.0906. The second kappa shape index (κ2) is 10.3. The highest BCUT2D eigenvalue weighted by Crippen LogP contribution is 2.14. The molecule has 0 aromatic heterocycles. The van der Waals surface area contributed by atoms with Crippen molar-refractivity contribution < 1.29 is 14.3 Å². The number of carbonyl (C=O) groups is 2. The third kappa shape index (κ3) is 6.12. The van der Waals surface area contributed by atoms with E-state index in [1.807, 2.05) is 0 Å².